The van der Waals surface area contributed by atoms with Crippen LogP contribution in [-0.4, -0.2) is 28.9 Å². The summed E-state index contributed by atoms with van der Waals surface area (Å²) in [6, 6.07) is 9.18. The average Bonchev–Trinajstić information content (AvgIpc) is 3.22. The maximum Gasteiger partial charge on any atom is 0.333 e. The van der Waals surface area contributed by atoms with E-state index in [0.29, 0.717) is 16.9 Å². The number of hydrogen-bond acceptors (Lipinski definition) is 4. The second kappa shape index (κ2) is 6.83. The summed E-state index contributed by atoms with van der Waals surface area (Å²) in [5.74, 6) is 0.342. The molecular weight excluding hydrogens is 382 g/mol. The Balaban J connectivity index is 2.13. The van der Waals surface area contributed by atoms with E-state index < -0.39 is 17.3 Å². The minimum atomic E-state index is -0.849. The van der Waals surface area contributed by atoms with E-state index in [4.69, 9.17) is 4.98 Å². The molecule has 30 heavy (non-hydrogen) atoms. The number of benzene rings is 1. The largest absolute Gasteiger partial charge is 0.333 e. The highest BCUT2D eigenvalue weighted by Crippen LogP contribution is 2.28. The van der Waals surface area contributed by atoms with Gasteiger partial charge in [-0.1, -0.05) is 30.3 Å². The van der Waals surface area contributed by atoms with Crippen LogP contribution in [0.1, 0.15) is 49.8 Å². The van der Waals surface area contributed by atoms with Crippen molar-refractivity contribution < 1.29 is 4.79 Å². The minimum absolute atomic E-state index is 0.0189. The predicted octanol–water partition coefficient (Wildman–Crippen LogP) is 2.53. The molecule has 0 amide bonds. The fourth-order valence-corrected chi connectivity index (χ4v) is 4.11. The van der Waals surface area contributed by atoms with Crippen molar-refractivity contribution in [2.75, 3.05) is 0 Å². The number of aromatic nitrogens is 5. The normalized spacial score (nSPS) is 13.8. The summed E-state index contributed by atoms with van der Waals surface area (Å²) in [5.41, 5.74) is 2.53. The van der Waals surface area contributed by atoms with Crippen LogP contribution in [0.25, 0.3) is 16.9 Å². The predicted molar refractivity (Wildman–Crippen MR) is 115 cm³/mol. The first-order valence-corrected chi connectivity index (χ1v) is 9.93. The van der Waals surface area contributed by atoms with Gasteiger partial charge in [0.25, 0.3) is 5.56 Å². The van der Waals surface area contributed by atoms with Gasteiger partial charge in [-0.25, -0.2) is 9.36 Å². The Morgan fingerprint density at radius 1 is 1.00 bits per heavy atom. The summed E-state index contributed by atoms with van der Waals surface area (Å²) in [6.07, 6.45) is 0. The topological polar surface area (TPSA) is 83.3 Å². The molecule has 4 aromatic rings. The molecule has 0 saturated carbocycles. The van der Waals surface area contributed by atoms with Gasteiger partial charge in [-0.15, -0.1) is 0 Å². The van der Waals surface area contributed by atoms with Gasteiger partial charge >= 0.3 is 5.69 Å². The van der Waals surface area contributed by atoms with Crippen molar-refractivity contribution in [3.63, 3.8) is 0 Å². The van der Waals surface area contributed by atoms with Gasteiger partial charge in [0.05, 0.1) is 12.1 Å². The standard InChI is InChI=1S/C22H25N5O3/c1-12-13(2)26-18-19(24(6)22(30)27(20(18)29)14(3)16(5)28)23-21(26)25(12)15(4)17-10-8-7-9-11-17/h7-11,14-15H,1-6H3/t14-,15-/m0/s1. The molecule has 8 heteroatoms. The molecular formula is C22H25N5O3. The third-order valence-electron chi connectivity index (χ3n) is 6.15. The first-order chi connectivity index (χ1) is 14.2. The lowest BCUT2D eigenvalue weighted by molar-refractivity contribution is -0.119. The first-order valence-electron chi connectivity index (χ1n) is 9.93. The number of Topliss-reactive ketones (excluding diaryl/α,β-unsaturated/α-hetero) is 1. The summed E-state index contributed by atoms with van der Waals surface area (Å²) in [7, 11) is 1.58. The van der Waals surface area contributed by atoms with Crippen molar-refractivity contribution in [3.8, 4) is 0 Å². The number of rotatable bonds is 4. The van der Waals surface area contributed by atoms with E-state index in [9.17, 15) is 14.4 Å². The summed E-state index contributed by atoms with van der Waals surface area (Å²) >= 11 is 0. The molecule has 4 rings (SSSR count). The Morgan fingerprint density at radius 3 is 2.23 bits per heavy atom. The smallest absolute Gasteiger partial charge is 0.307 e. The molecule has 3 heterocycles. The van der Waals surface area contributed by atoms with Crippen LogP contribution in [0.15, 0.2) is 39.9 Å². The van der Waals surface area contributed by atoms with Crippen molar-refractivity contribution >= 4 is 22.7 Å². The van der Waals surface area contributed by atoms with E-state index in [2.05, 4.69) is 23.6 Å². The van der Waals surface area contributed by atoms with Crippen LogP contribution in [0.3, 0.4) is 0 Å². The van der Waals surface area contributed by atoms with Crippen LogP contribution in [0.4, 0.5) is 0 Å². The van der Waals surface area contributed by atoms with Crippen molar-refractivity contribution in [1.29, 1.82) is 0 Å². The Hall–Kier alpha value is -3.42. The molecule has 0 N–H and O–H groups in total. The van der Waals surface area contributed by atoms with Gasteiger partial charge in [0, 0.05) is 18.4 Å². The van der Waals surface area contributed by atoms with Gasteiger partial charge in [-0.3, -0.25) is 18.6 Å². The van der Waals surface area contributed by atoms with Gasteiger partial charge in [0.2, 0.25) is 5.78 Å². The Bertz CT molecular complexity index is 1420. The summed E-state index contributed by atoms with van der Waals surface area (Å²) in [6.45, 7) is 8.95. The molecule has 0 spiro atoms. The SMILES string of the molecule is CC(=O)[C@H](C)n1c(=O)c2c(nc3n([C@@H](C)c4ccccc4)c(C)c(C)n23)n(C)c1=O. The molecule has 0 aliphatic rings. The molecule has 2 atom stereocenters. The molecule has 156 valence electrons. The molecule has 0 unspecified atom stereocenters. The minimum Gasteiger partial charge on any atom is -0.307 e. The third kappa shape index (κ3) is 2.59. The lowest BCUT2D eigenvalue weighted by Crippen LogP contribution is -2.42. The molecule has 8 nitrogen and oxygen atoms in total. The third-order valence-corrected chi connectivity index (χ3v) is 6.15. The van der Waals surface area contributed by atoms with Crippen LogP contribution < -0.4 is 11.2 Å². The van der Waals surface area contributed by atoms with Crippen molar-refractivity contribution in [1.82, 2.24) is 23.1 Å². The number of carbonyl (C=O) groups is 1. The number of imidazole rings is 2. The van der Waals surface area contributed by atoms with E-state index in [1.165, 1.54) is 11.5 Å². The number of aryl methyl sites for hydroxylation is 2. The molecule has 0 bridgehead atoms. The number of fused-ring (bicyclic) bond motifs is 3. The van der Waals surface area contributed by atoms with Crippen molar-refractivity contribution in [3.05, 3.63) is 68.1 Å². The quantitative estimate of drug-likeness (QED) is 0.520. The second-order valence-electron chi connectivity index (χ2n) is 7.85. The zero-order valence-corrected chi connectivity index (χ0v) is 18.0. The maximum atomic E-state index is 13.4. The van der Waals surface area contributed by atoms with Gasteiger partial charge in [-0.05, 0) is 40.2 Å². The zero-order chi connectivity index (χ0) is 21.9. The maximum absolute atomic E-state index is 13.4. The van der Waals surface area contributed by atoms with Crippen molar-refractivity contribution in [2.45, 2.75) is 46.7 Å². The van der Waals surface area contributed by atoms with Gasteiger partial charge < -0.3 is 4.57 Å². The summed E-state index contributed by atoms with van der Waals surface area (Å²) < 4.78 is 6.24. The lowest BCUT2D eigenvalue weighted by Gasteiger charge is -2.16. The monoisotopic (exact) mass is 407 g/mol. The molecule has 0 aliphatic heterocycles. The van der Waals surface area contributed by atoms with Gasteiger partial charge in [0.1, 0.15) is 0 Å². The van der Waals surface area contributed by atoms with Gasteiger partial charge in [0.15, 0.2) is 16.9 Å². The fraction of sp³-hybridized carbons (Fsp3) is 0.364. The Kier molecular flexibility index (Phi) is 4.52. The second-order valence-corrected chi connectivity index (χ2v) is 7.85. The van der Waals surface area contributed by atoms with E-state index >= 15 is 0 Å². The fourth-order valence-electron chi connectivity index (χ4n) is 4.11. The zero-order valence-electron chi connectivity index (χ0n) is 18.0. The van der Waals surface area contributed by atoms with E-state index in [1.54, 1.807) is 18.4 Å². The summed E-state index contributed by atoms with van der Waals surface area (Å²) in [4.78, 5) is 42.9. The molecule has 3 aromatic heterocycles. The Labute approximate surface area is 173 Å². The number of carbonyl (C=O) groups excluding carboxylic acids is 1. The highest BCUT2D eigenvalue weighted by molar-refractivity contribution is 5.81. The Morgan fingerprint density at radius 2 is 1.63 bits per heavy atom. The number of nitrogens with zero attached hydrogens (tertiary/aromatic N) is 5. The van der Waals surface area contributed by atoms with Crippen LogP contribution in [0, 0.1) is 13.8 Å². The highest BCUT2D eigenvalue weighted by atomic mass is 16.2. The van der Waals surface area contributed by atoms with E-state index in [0.717, 1.165) is 21.5 Å². The highest BCUT2D eigenvalue weighted by Gasteiger charge is 2.26. The van der Waals surface area contributed by atoms with E-state index in [1.807, 2.05) is 32.0 Å². The van der Waals surface area contributed by atoms with Crippen LogP contribution in [0.5, 0.6) is 0 Å². The lowest BCUT2D eigenvalue weighted by atomic mass is 10.1. The molecule has 0 fully saturated rings. The molecule has 0 aliphatic carbocycles. The van der Waals surface area contributed by atoms with Crippen LogP contribution in [0.2, 0.25) is 0 Å². The number of hydrogen-bond donors (Lipinski definition) is 0. The molecule has 1 aromatic carbocycles. The van der Waals surface area contributed by atoms with Crippen molar-refractivity contribution in [2.24, 2.45) is 7.05 Å². The van der Waals surface area contributed by atoms with Crippen LogP contribution >= 0.6 is 0 Å². The summed E-state index contributed by atoms with van der Waals surface area (Å²) in [5, 5.41) is 0. The number of ketones is 1. The van der Waals surface area contributed by atoms with E-state index in [-0.39, 0.29) is 11.8 Å². The molecule has 0 saturated heterocycles. The first kappa shape index (κ1) is 19.9. The molecule has 0 radical (unpaired) electrons. The van der Waals surface area contributed by atoms with Gasteiger partial charge in [-0.2, -0.15) is 4.98 Å². The average molecular weight is 407 g/mol. The van der Waals surface area contributed by atoms with Crippen LogP contribution in [-0.2, 0) is 11.8 Å².